The van der Waals surface area contributed by atoms with E-state index in [4.69, 9.17) is 16.6 Å². The third-order valence-corrected chi connectivity index (χ3v) is 6.71. The van der Waals surface area contributed by atoms with Gasteiger partial charge in [-0.2, -0.15) is 0 Å². The lowest BCUT2D eigenvalue weighted by Gasteiger charge is -2.13. The molecule has 0 unspecified atom stereocenters. The van der Waals surface area contributed by atoms with Crippen LogP contribution < -0.4 is 10.5 Å². The van der Waals surface area contributed by atoms with E-state index in [1.54, 1.807) is 18.3 Å². The van der Waals surface area contributed by atoms with Gasteiger partial charge in [0.05, 0.1) is 27.0 Å². The van der Waals surface area contributed by atoms with Crippen molar-refractivity contribution in [3.05, 3.63) is 94.1 Å². The average molecular weight is 483 g/mol. The topological polar surface area (TPSA) is 64.8 Å². The van der Waals surface area contributed by atoms with E-state index in [2.05, 4.69) is 34.2 Å². The predicted octanol–water partition coefficient (Wildman–Crippen LogP) is 6.75. The number of pyridine rings is 1. The Morgan fingerprint density at radius 2 is 1.69 bits per heavy atom. The van der Waals surface area contributed by atoms with E-state index < -0.39 is 5.82 Å². The van der Waals surface area contributed by atoms with Crippen molar-refractivity contribution in [1.29, 1.82) is 0 Å². The molecule has 0 radical (unpaired) electrons. The summed E-state index contributed by atoms with van der Waals surface area (Å²) in [5, 5.41) is 3.10. The molecule has 0 aliphatic carbocycles. The van der Waals surface area contributed by atoms with Gasteiger partial charge < -0.3 is 14.9 Å². The van der Waals surface area contributed by atoms with Crippen LogP contribution in [0.4, 0.5) is 10.1 Å². The number of H-pyrrole nitrogens is 2. The van der Waals surface area contributed by atoms with Crippen molar-refractivity contribution in [3.8, 4) is 22.5 Å². The summed E-state index contributed by atoms with van der Waals surface area (Å²) in [6, 6.07) is 20.6. The second kappa shape index (κ2) is 7.96. The number of hydrogen-bond donors (Lipinski definition) is 2. The molecule has 6 rings (SSSR count). The highest BCUT2D eigenvalue weighted by atomic mass is 35.5. The van der Waals surface area contributed by atoms with Gasteiger partial charge in [0.25, 0.3) is 5.56 Å². The van der Waals surface area contributed by atoms with E-state index in [0.717, 1.165) is 33.1 Å². The summed E-state index contributed by atoms with van der Waals surface area (Å²) < 4.78 is 14.7. The molecule has 2 N–H and O–H groups in total. The highest BCUT2D eigenvalue weighted by molar-refractivity contribution is 6.33. The number of fused-ring (bicyclic) bond motifs is 6. The van der Waals surface area contributed by atoms with Crippen LogP contribution in [0.15, 0.2) is 77.7 Å². The summed E-state index contributed by atoms with van der Waals surface area (Å²) in [5.41, 5.74) is 4.45. The summed E-state index contributed by atoms with van der Waals surface area (Å²) in [5.74, 6) is -0.146. The minimum atomic E-state index is -0.466. The van der Waals surface area contributed by atoms with Gasteiger partial charge in [0.2, 0.25) is 0 Å². The number of imidazole rings is 1. The molecule has 7 heteroatoms. The Balaban J connectivity index is 1.66. The molecule has 4 aromatic carbocycles. The van der Waals surface area contributed by atoms with Crippen molar-refractivity contribution >= 4 is 49.9 Å². The first-order valence-corrected chi connectivity index (χ1v) is 11.5. The van der Waals surface area contributed by atoms with Crippen LogP contribution in [-0.4, -0.2) is 29.0 Å². The van der Waals surface area contributed by atoms with E-state index in [9.17, 15) is 9.18 Å². The SMILES string of the molecule is CN(C)c1ccc(-c2ccc3c(c2)c2c(=O)[nH]ccc2c2nc(-c4c(F)cccc4Cl)[nH]c32)cc1. The van der Waals surface area contributed by atoms with Crippen LogP contribution in [0.5, 0.6) is 0 Å². The number of nitrogens with zero attached hydrogens (tertiary/aromatic N) is 2. The van der Waals surface area contributed by atoms with Crippen LogP contribution in [0.25, 0.3) is 55.1 Å². The van der Waals surface area contributed by atoms with E-state index >= 15 is 0 Å². The molecular weight excluding hydrogens is 463 g/mol. The number of hydrogen-bond acceptors (Lipinski definition) is 3. The standard InChI is InChI=1S/C28H20ClFN4O/c1-34(2)17-9-6-15(7-10-17)16-8-11-18-20(14-16)23-19(12-13-31-28(23)35)26-25(18)32-27(33-26)24-21(29)4-3-5-22(24)30/h3-14H,1-2H3,(H,31,35)(H,32,33). The molecular formula is C28H20ClFN4O. The maximum absolute atomic E-state index is 14.7. The Morgan fingerprint density at radius 3 is 2.43 bits per heavy atom. The first kappa shape index (κ1) is 21.4. The van der Waals surface area contributed by atoms with Gasteiger partial charge in [-0.15, -0.1) is 0 Å². The van der Waals surface area contributed by atoms with E-state index in [1.165, 1.54) is 6.07 Å². The molecule has 0 spiro atoms. The van der Waals surface area contributed by atoms with Crippen LogP contribution in [-0.2, 0) is 0 Å². The summed E-state index contributed by atoms with van der Waals surface area (Å²) in [4.78, 5) is 25.8. The van der Waals surface area contributed by atoms with Crippen molar-refractivity contribution in [3.63, 3.8) is 0 Å². The van der Waals surface area contributed by atoms with Gasteiger partial charge in [-0.1, -0.05) is 41.9 Å². The molecule has 0 saturated heterocycles. The molecule has 35 heavy (non-hydrogen) atoms. The second-order valence-electron chi connectivity index (χ2n) is 8.70. The van der Waals surface area contributed by atoms with Gasteiger partial charge in [0, 0.05) is 36.8 Å². The lowest BCUT2D eigenvalue weighted by atomic mass is 9.96. The van der Waals surface area contributed by atoms with Crippen molar-refractivity contribution < 1.29 is 4.39 Å². The predicted molar refractivity (Wildman–Crippen MR) is 142 cm³/mol. The average Bonchev–Trinajstić information content (AvgIpc) is 3.29. The Labute approximate surface area is 204 Å². The molecule has 6 aromatic rings. The maximum atomic E-state index is 14.7. The van der Waals surface area contributed by atoms with Crippen LogP contribution in [0, 0.1) is 5.82 Å². The number of benzene rings is 4. The van der Waals surface area contributed by atoms with Gasteiger partial charge in [-0.25, -0.2) is 9.37 Å². The molecule has 0 atom stereocenters. The Hall–Kier alpha value is -4.16. The molecule has 0 fully saturated rings. The number of aromatic nitrogens is 3. The molecule has 0 aliphatic rings. The van der Waals surface area contributed by atoms with E-state index in [0.29, 0.717) is 22.1 Å². The fraction of sp³-hybridized carbons (Fsp3) is 0.0714. The third kappa shape index (κ3) is 3.37. The van der Waals surface area contributed by atoms with Gasteiger partial charge in [0.1, 0.15) is 11.6 Å². The zero-order valence-electron chi connectivity index (χ0n) is 19.0. The fourth-order valence-electron chi connectivity index (χ4n) is 4.65. The summed E-state index contributed by atoms with van der Waals surface area (Å²) in [6.45, 7) is 0. The number of nitrogens with one attached hydrogen (secondary N) is 2. The maximum Gasteiger partial charge on any atom is 0.256 e. The number of halogens is 2. The summed E-state index contributed by atoms with van der Waals surface area (Å²) >= 11 is 6.31. The number of aromatic amines is 2. The molecule has 172 valence electrons. The van der Waals surface area contributed by atoms with Gasteiger partial charge >= 0.3 is 0 Å². The van der Waals surface area contributed by atoms with E-state index in [1.807, 2.05) is 43.3 Å². The number of rotatable bonds is 3. The molecule has 0 amide bonds. The number of anilines is 1. The zero-order chi connectivity index (χ0) is 24.3. The van der Waals surface area contributed by atoms with Crippen molar-refractivity contribution in [2.24, 2.45) is 0 Å². The lowest BCUT2D eigenvalue weighted by molar-refractivity contribution is 0.630. The second-order valence-corrected chi connectivity index (χ2v) is 9.11. The Morgan fingerprint density at radius 1 is 0.914 bits per heavy atom. The third-order valence-electron chi connectivity index (χ3n) is 6.39. The quantitative estimate of drug-likeness (QED) is 0.274. The first-order chi connectivity index (χ1) is 16.9. The van der Waals surface area contributed by atoms with Gasteiger partial charge in [-0.3, -0.25) is 4.79 Å². The summed E-state index contributed by atoms with van der Waals surface area (Å²) in [6.07, 6.45) is 1.60. The van der Waals surface area contributed by atoms with Crippen LogP contribution in [0.3, 0.4) is 0 Å². The smallest absolute Gasteiger partial charge is 0.256 e. The zero-order valence-corrected chi connectivity index (χ0v) is 19.7. The monoisotopic (exact) mass is 482 g/mol. The largest absolute Gasteiger partial charge is 0.378 e. The minimum Gasteiger partial charge on any atom is -0.378 e. The molecule has 0 aliphatic heterocycles. The van der Waals surface area contributed by atoms with Crippen LogP contribution in [0.1, 0.15) is 0 Å². The van der Waals surface area contributed by atoms with Gasteiger partial charge in [-0.05, 0) is 52.9 Å². The van der Waals surface area contributed by atoms with Crippen molar-refractivity contribution in [1.82, 2.24) is 15.0 Å². The molecule has 0 bridgehead atoms. The lowest BCUT2D eigenvalue weighted by Crippen LogP contribution is -2.07. The Bertz CT molecular complexity index is 1800. The fourth-order valence-corrected chi connectivity index (χ4v) is 4.90. The first-order valence-electron chi connectivity index (χ1n) is 11.1. The molecule has 5 nitrogen and oxygen atoms in total. The summed E-state index contributed by atoms with van der Waals surface area (Å²) in [7, 11) is 4.00. The minimum absolute atomic E-state index is 0.203. The molecule has 2 heterocycles. The van der Waals surface area contributed by atoms with E-state index in [-0.39, 0.29) is 16.1 Å². The molecule has 2 aromatic heterocycles. The van der Waals surface area contributed by atoms with Crippen molar-refractivity contribution in [2.75, 3.05) is 19.0 Å². The van der Waals surface area contributed by atoms with Crippen LogP contribution in [0.2, 0.25) is 5.02 Å². The highest BCUT2D eigenvalue weighted by Crippen LogP contribution is 2.37. The normalized spacial score (nSPS) is 11.5. The highest BCUT2D eigenvalue weighted by Gasteiger charge is 2.19. The van der Waals surface area contributed by atoms with Gasteiger partial charge in [0.15, 0.2) is 0 Å². The van der Waals surface area contributed by atoms with Crippen molar-refractivity contribution in [2.45, 2.75) is 0 Å². The van der Waals surface area contributed by atoms with Crippen LogP contribution >= 0.6 is 11.6 Å². The Kier molecular flexibility index (Phi) is 4.86. The molecule has 0 saturated carbocycles.